The molecule has 0 aliphatic carbocycles. The van der Waals surface area contributed by atoms with E-state index in [1.807, 2.05) is 6.92 Å². The molecule has 0 amide bonds. The molecule has 0 saturated heterocycles. The van der Waals surface area contributed by atoms with Gasteiger partial charge >= 0.3 is 6.18 Å². The van der Waals surface area contributed by atoms with Crippen molar-refractivity contribution in [1.82, 2.24) is 4.90 Å². The number of ether oxygens (including phenoxy) is 1. The van der Waals surface area contributed by atoms with Gasteiger partial charge in [0, 0.05) is 18.3 Å². The molecule has 1 aromatic carbocycles. The number of hydrogen-bond acceptors (Lipinski definition) is 3. The van der Waals surface area contributed by atoms with Crippen LogP contribution in [0.2, 0.25) is 0 Å². The highest BCUT2D eigenvalue weighted by molar-refractivity contribution is 5.43. The van der Waals surface area contributed by atoms with Gasteiger partial charge in [-0.05, 0) is 25.1 Å². The summed E-state index contributed by atoms with van der Waals surface area (Å²) in [5.74, 6) is 0.573. The summed E-state index contributed by atoms with van der Waals surface area (Å²) < 4.78 is 42.4. The lowest BCUT2D eigenvalue weighted by atomic mass is 10.3. The lowest BCUT2D eigenvalue weighted by Crippen LogP contribution is -2.37. The summed E-state index contributed by atoms with van der Waals surface area (Å²) in [5, 5.41) is 0. The van der Waals surface area contributed by atoms with Gasteiger partial charge in [0.05, 0.1) is 6.54 Å². The molecular weight excluding hydrogens is 257 g/mol. The van der Waals surface area contributed by atoms with E-state index in [0.29, 0.717) is 24.4 Å². The molecule has 0 saturated carbocycles. The number of halogens is 3. The third-order valence-electron chi connectivity index (χ3n) is 2.48. The summed E-state index contributed by atoms with van der Waals surface area (Å²) >= 11 is 0. The number of rotatable bonds is 7. The summed E-state index contributed by atoms with van der Waals surface area (Å²) in [6.07, 6.45) is -3.50. The number of anilines is 1. The van der Waals surface area contributed by atoms with Gasteiger partial charge in [-0.1, -0.05) is 13.0 Å². The second-order valence-corrected chi connectivity index (χ2v) is 4.31. The fourth-order valence-corrected chi connectivity index (χ4v) is 1.74. The molecule has 1 rings (SSSR count). The van der Waals surface area contributed by atoms with Crippen molar-refractivity contribution in [3.63, 3.8) is 0 Å². The Hall–Kier alpha value is -1.43. The second-order valence-electron chi connectivity index (χ2n) is 4.31. The van der Waals surface area contributed by atoms with Crippen molar-refractivity contribution in [3.05, 3.63) is 24.3 Å². The smallest absolute Gasteiger partial charge is 0.401 e. The number of nitrogens with zero attached hydrogens (tertiary/aromatic N) is 1. The number of nitrogen functional groups attached to an aromatic ring is 1. The Balaban J connectivity index is 2.39. The first-order valence-corrected chi connectivity index (χ1v) is 6.18. The molecule has 3 nitrogen and oxygen atoms in total. The monoisotopic (exact) mass is 276 g/mol. The minimum absolute atomic E-state index is 0.208. The number of nitrogens with two attached hydrogens (primary N) is 1. The fourth-order valence-electron chi connectivity index (χ4n) is 1.74. The molecule has 0 fully saturated rings. The van der Waals surface area contributed by atoms with Crippen molar-refractivity contribution < 1.29 is 17.9 Å². The van der Waals surface area contributed by atoms with Gasteiger partial charge in [0.25, 0.3) is 0 Å². The second kappa shape index (κ2) is 7.23. The van der Waals surface area contributed by atoms with Crippen molar-refractivity contribution >= 4 is 5.69 Å². The molecule has 2 N–H and O–H groups in total. The first-order valence-electron chi connectivity index (χ1n) is 6.18. The maximum Gasteiger partial charge on any atom is 0.401 e. The van der Waals surface area contributed by atoms with E-state index in [1.165, 1.54) is 4.90 Å². The third-order valence-corrected chi connectivity index (χ3v) is 2.48. The van der Waals surface area contributed by atoms with Crippen LogP contribution in [0.4, 0.5) is 18.9 Å². The molecule has 0 unspecified atom stereocenters. The summed E-state index contributed by atoms with van der Waals surface area (Å²) in [6.45, 7) is 1.80. The van der Waals surface area contributed by atoms with E-state index in [0.717, 1.165) is 0 Å². The molecular formula is C13H19F3N2O. The van der Waals surface area contributed by atoms with Crippen molar-refractivity contribution in [1.29, 1.82) is 0 Å². The van der Waals surface area contributed by atoms with Crippen molar-refractivity contribution in [2.45, 2.75) is 19.5 Å². The van der Waals surface area contributed by atoms with Crippen LogP contribution in [0.5, 0.6) is 5.75 Å². The molecule has 6 heteroatoms. The number of hydrogen-bond donors (Lipinski definition) is 1. The van der Waals surface area contributed by atoms with Crippen molar-refractivity contribution in [2.75, 3.05) is 32.0 Å². The highest BCUT2D eigenvalue weighted by Crippen LogP contribution is 2.17. The van der Waals surface area contributed by atoms with Crippen LogP contribution in [0, 0.1) is 0 Å². The van der Waals surface area contributed by atoms with Gasteiger partial charge in [-0.25, -0.2) is 0 Å². The zero-order chi connectivity index (χ0) is 14.3. The molecule has 0 atom stereocenters. The summed E-state index contributed by atoms with van der Waals surface area (Å²) in [4.78, 5) is 1.34. The quantitative estimate of drug-likeness (QED) is 0.778. The van der Waals surface area contributed by atoms with Gasteiger partial charge in [0.15, 0.2) is 0 Å². The fraction of sp³-hybridized carbons (Fsp3) is 0.538. The van der Waals surface area contributed by atoms with E-state index in [9.17, 15) is 13.2 Å². The van der Waals surface area contributed by atoms with Crippen molar-refractivity contribution in [2.24, 2.45) is 0 Å². The third kappa shape index (κ3) is 6.91. The van der Waals surface area contributed by atoms with Gasteiger partial charge in [-0.15, -0.1) is 0 Å². The molecule has 0 radical (unpaired) electrons. The van der Waals surface area contributed by atoms with Crippen LogP contribution >= 0.6 is 0 Å². The zero-order valence-corrected chi connectivity index (χ0v) is 10.9. The predicted molar refractivity (Wildman–Crippen MR) is 69.1 cm³/mol. The van der Waals surface area contributed by atoms with E-state index in [2.05, 4.69) is 0 Å². The maximum absolute atomic E-state index is 12.3. The Kier molecular flexibility index (Phi) is 5.95. The molecule has 0 aromatic heterocycles. The van der Waals surface area contributed by atoms with E-state index in [-0.39, 0.29) is 13.2 Å². The highest BCUT2D eigenvalue weighted by Gasteiger charge is 2.30. The van der Waals surface area contributed by atoms with Gasteiger partial charge in [0.2, 0.25) is 0 Å². The highest BCUT2D eigenvalue weighted by atomic mass is 19.4. The maximum atomic E-state index is 12.3. The average Bonchev–Trinajstić information content (AvgIpc) is 2.27. The van der Waals surface area contributed by atoms with E-state index in [4.69, 9.17) is 10.5 Å². The molecule has 0 aliphatic rings. The minimum Gasteiger partial charge on any atom is -0.492 e. The topological polar surface area (TPSA) is 38.5 Å². The largest absolute Gasteiger partial charge is 0.492 e. The Labute approximate surface area is 111 Å². The predicted octanol–water partition coefficient (Wildman–Crippen LogP) is 2.92. The van der Waals surface area contributed by atoms with Crippen LogP contribution in [0.25, 0.3) is 0 Å². The standard InChI is InChI=1S/C13H19F3N2O/c1-2-6-18(10-13(14,15)16)7-8-19-12-5-3-4-11(17)9-12/h3-5,9H,2,6-8,10,17H2,1H3. The van der Waals surface area contributed by atoms with Crippen LogP contribution in [-0.2, 0) is 0 Å². The Bertz CT molecular complexity index is 382. The molecule has 0 spiro atoms. The number of benzene rings is 1. The Morgan fingerprint density at radius 2 is 2.00 bits per heavy atom. The SMILES string of the molecule is CCCN(CCOc1cccc(N)c1)CC(F)(F)F. The summed E-state index contributed by atoms with van der Waals surface area (Å²) in [6, 6.07) is 6.84. The van der Waals surface area contributed by atoms with E-state index >= 15 is 0 Å². The summed E-state index contributed by atoms with van der Waals surface area (Å²) in [5.41, 5.74) is 6.15. The zero-order valence-electron chi connectivity index (χ0n) is 10.9. The van der Waals surface area contributed by atoms with Crippen molar-refractivity contribution in [3.8, 4) is 5.75 Å². The minimum atomic E-state index is -4.17. The van der Waals surface area contributed by atoms with Crippen LogP contribution in [-0.4, -0.2) is 37.3 Å². The average molecular weight is 276 g/mol. The lowest BCUT2D eigenvalue weighted by Gasteiger charge is -2.23. The van der Waals surface area contributed by atoms with Crippen LogP contribution < -0.4 is 10.5 Å². The van der Waals surface area contributed by atoms with Crippen LogP contribution in [0.15, 0.2) is 24.3 Å². The molecule has 0 heterocycles. The molecule has 108 valence electrons. The Morgan fingerprint density at radius 3 is 2.58 bits per heavy atom. The normalized spacial score (nSPS) is 11.8. The molecule has 1 aromatic rings. The van der Waals surface area contributed by atoms with Gasteiger partial charge in [0.1, 0.15) is 12.4 Å². The number of alkyl halides is 3. The van der Waals surface area contributed by atoms with Gasteiger partial charge < -0.3 is 10.5 Å². The molecule has 0 bridgehead atoms. The van der Waals surface area contributed by atoms with E-state index in [1.54, 1.807) is 24.3 Å². The first kappa shape index (κ1) is 15.6. The van der Waals surface area contributed by atoms with Gasteiger partial charge in [-0.2, -0.15) is 13.2 Å². The van der Waals surface area contributed by atoms with E-state index < -0.39 is 12.7 Å². The first-order chi connectivity index (χ1) is 8.90. The lowest BCUT2D eigenvalue weighted by molar-refractivity contribution is -0.146. The van der Waals surface area contributed by atoms with Gasteiger partial charge in [-0.3, -0.25) is 4.90 Å². The van der Waals surface area contributed by atoms with Crippen LogP contribution in [0.1, 0.15) is 13.3 Å². The Morgan fingerprint density at radius 1 is 1.26 bits per heavy atom. The molecule has 0 aliphatic heterocycles. The molecule has 19 heavy (non-hydrogen) atoms. The van der Waals surface area contributed by atoms with Crippen LogP contribution in [0.3, 0.4) is 0 Å². The summed E-state index contributed by atoms with van der Waals surface area (Å²) in [7, 11) is 0.